The molecule has 2 N–H and O–H groups in total. The van der Waals surface area contributed by atoms with E-state index in [2.05, 4.69) is 74.7 Å². The van der Waals surface area contributed by atoms with Crippen LogP contribution >= 0.6 is 0 Å². The topological polar surface area (TPSA) is 76.7 Å². The highest BCUT2D eigenvalue weighted by molar-refractivity contribution is 6.01. The Labute approximate surface area is 267 Å². The number of anilines is 1. The Bertz CT molecular complexity index is 1430. The van der Waals surface area contributed by atoms with E-state index < -0.39 is 17.7 Å². The smallest absolute Gasteiger partial charge is 0.339 e. The first-order valence-electron chi connectivity index (χ1n) is 15.8. The Morgan fingerprint density at radius 1 is 0.750 bits per heavy atom. The average molecular weight is 605 g/mol. The van der Waals surface area contributed by atoms with Crippen molar-refractivity contribution in [1.29, 1.82) is 0 Å². The van der Waals surface area contributed by atoms with Crippen LogP contribution in [0, 0.1) is 41.5 Å². The number of aryl methyl sites for hydroxylation is 4. The maximum Gasteiger partial charge on any atom is 0.339 e. The number of nitrogens with one attached hydrogen (secondary N) is 2. The third kappa shape index (κ3) is 9.18. The first-order valence-corrected chi connectivity index (χ1v) is 15.8. The quantitative estimate of drug-likeness (QED) is 0.263. The molecule has 2 amide bonds. The lowest BCUT2D eigenvalue weighted by Crippen LogP contribution is -2.31. The summed E-state index contributed by atoms with van der Waals surface area (Å²) >= 11 is 0. The van der Waals surface area contributed by atoms with Gasteiger partial charge in [-0.05, 0) is 119 Å². The zero-order valence-corrected chi connectivity index (χ0v) is 29.9. The minimum atomic E-state index is -1.01. The van der Waals surface area contributed by atoms with E-state index in [-0.39, 0.29) is 6.03 Å². The maximum absolute atomic E-state index is 13.4. The zero-order chi connectivity index (χ0) is 33.9. The number of hydrogen-bond donors (Lipinski definition) is 2. The monoisotopic (exact) mass is 604 g/mol. The summed E-state index contributed by atoms with van der Waals surface area (Å²) in [7, 11) is 1.37. The third-order valence-electron chi connectivity index (χ3n) is 7.36. The van der Waals surface area contributed by atoms with Gasteiger partial charge in [0.1, 0.15) is 0 Å². The highest BCUT2D eigenvalue weighted by Crippen LogP contribution is 2.47. The number of ether oxygens (including phenoxy) is 2. The van der Waals surface area contributed by atoms with Gasteiger partial charge < -0.3 is 20.1 Å². The molecular weight excluding hydrogens is 548 g/mol. The van der Waals surface area contributed by atoms with Crippen molar-refractivity contribution in [2.24, 2.45) is 0 Å². The molecule has 1 atom stereocenters. The molecule has 0 aliphatic carbocycles. The number of hydrogen-bond acceptors (Lipinski definition) is 4. The summed E-state index contributed by atoms with van der Waals surface area (Å²) in [5.41, 5.74) is 10.8. The highest BCUT2D eigenvalue weighted by atomic mass is 16.6. The lowest BCUT2D eigenvalue weighted by Gasteiger charge is -2.32. The SMILES string of the molecule is CC.CC.CCNC(=O)Nc1c(C)c(C(OC(C)(C)C)C(=O)OC)c(-c2ccc(C)c(C)c2)c(C)c1-c1ccc(C)c(C)c1. The number of methoxy groups -OCH3 is 1. The molecule has 0 heterocycles. The molecule has 3 aromatic carbocycles. The van der Waals surface area contributed by atoms with Crippen molar-refractivity contribution in [2.45, 2.75) is 109 Å². The lowest BCUT2D eigenvalue weighted by molar-refractivity contribution is -0.164. The standard InChI is InChI=1S/C34H44N2O4.2C2H6/c1-12-35-33(38)36-30-24(7)29(31(32(37)39-11)40-34(8,9)10)27(25-15-13-19(2)21(4)17-25)23(6)28(30)26-16-14-20(3)22(5)18-26;2*1-2/h13-18,31H,12H2,1-11H3,(H2,35,36,38);2*1-2H3. The summed E-state index contributed by atoms with van der Waals surface area (Å²) in [6, 6.07) is 12.3. The van der Waals surface area contributed by atoms with Crippen LogP contribution in [0.4, 0.5) is 10.5 Å². The van der Waals surface area contributed by atoms with E-state index in [1.54, 1.807) is 0 Å². The van der Waals surface area contributed by atoms with Gasteiger partial charge in [-0.15, -0.1) is 0 Å². The third-order valence-corrected chi connectivity index (χ3v) is 7.36. The molecule has 0 aliphatic rings. The van der Waals surface area contributed by atoms with E-state index >= 15 is 0 Å². The van der Waals surface area contributed by atoms with Crippen LogP contribution in [0.1, 0.15) is 100 Å². The van der Waals surface area contributed by atoms with Crippen LogP contribution in [0.5, 0.6) is 0 Å². The summed E-state index contributed by atoms with van der Waals surface area (Å²) in [5, 5.41) is 5.96. The van der Waals surface area contributed by atoms with Gasteiger partial charge in [-0.3, -0.25) is 0 Å². The fourth-order valence-electron chi connectivity index (χ4n) is 5.04. The first kappa shape index (κ1) is 38.4. The van der Waals surface area contributed by atoms with E-state index in [1.807, 2.05) is 69.2 Å². The Morgan fingerprint density at radius 3 is 1.64 bits per heavy atom. The molecule has 242 valence electrons. The molecule has 0 aromatic heterocycles. The molecule has 0 saturated carbocycles. The van der Waals surface area contributed by atoms with Crippen molar-refractivity contribution in [3.8, 4) is 22.3 Å². The summed E-state index contributed by atoms with van der Waals surface area (Å²) in [6.45, 7) is 28.4. The van der Waals surface area contributed by atoms with Gasteiger partial charge in [0.25, 0.3) is 0 Å². The average Bonchev–Trinajstić information content (AvgIpc) is 2.98. The number of carbonyl (C=O) groups is 2. The number of esters is 1. The molecule has 0 bridgehead atoms. The van der Waals surface area contributed by atoms with E-state index in [0.717, 1.165) is 44.5 Å². The molecule has 0 saturated heterocycles. The molecule has 6 nitrogen and oxygen atoms in total. The Kier molecular flexibility index (Phi) is 14.8. The fraction of sp³-hybridized carbons (Fsp3) is 0.474. The van der Waals surface area contributed by atoms with Crippen LogP contribution in [0.3, 0.4) is 0 Å². The van der Waals surface area contributed by atoms with Gasteiger partial charge in [-0.2, -0.15) is 0 Å². The van der Waals surface area contributed by atoms with E-state index in [4.69, 9.17) is 9.47 Å². The second-order valence-electron chi connectivity index (χ2n) is 11.5. The van der Waals surface area contributed by atoms with E-state index in [1.165, 1.54) is 18.2 Å². The summed E-state index contributed by atoms with van der Waals surface area (Å²) < 4.78 is 11.7. The molecule has 0 aliphatic heterocycles. The molecule has 6 heteroatoms. The largest absolute Gasteiger partial charge is 0.467 e. The second kappa shape index (κ2) is 17.0. The first-order chi connectivity index (χ1) is 20.7. The molecule has 1 unspecified atom stereocenters. The molecule has 3 rings (SSSR count). The minimum Gasteiger partial charge on any atom is -0.467 e. The lowest BCUT2D eigenvalue weighted by atomic mass is 9.81. The van der Waals surface area contributed by atoms with Crippen LogP contribution in [0.2, 0.25) is 0 Å². The number of rotatable bonds is 7. The van der Waals surface area contributed by atoms with Crippen molar-refractivity contribution in [3.63, 3.8) is 0 Å². The summed E-state index contributed by atoms with van der Waals surface area (Å²) in [5.74, 6) is -0.495. The maximum atomic E-state index is 13.4. The summed E-state index contributed by atoms with van der Waals surface area (Å²) in [4.78, 5) is 26.4. The Hall–Kier alpha value is -3.64. The van der Waals surface area contributed by atoms with Crippen molar-refractivity contribution in [3.05, 3.63) is 75.3 Å². The van der Waals surface area contributed by atoms with Gasteiger partial charge in [0.2, 0.25) is 0 Å². The van der Waals surface area contributed by atoms with Crippen LogP contribution in [-0.2, 0) is 14.3 Å². The van der Waals surface area contributed by atoms with Crippen molar-refractivity contribution in [1.82, 2.24) is 5.32 Å². The number of amides is 2. The highest BCUT2D eigenvalue weighted by Gasteiger charge is 2.35. The molecule has 0 spiro atoms. The predicted octanol–water partition coefficient (Wildman–Crippen LogP) is 10.1. The van der Waals surface area contributed by atoms with Gasteiger partial charge in [0.15, 0.2) is 6.10 Å². The van der Waals surface area contributed by atoms with E-state index in [9.17, 15) is 9.59 Å². The van der Waals surface area contributed by atoms with Crippen LogP contribution in [0.15, 0.2) is 36.4 Å². The van der Waals surface area contributed by atoms with Crippen molar-refractivity contribution < 1.29 is 19.1 Å². The van der Waals surface area contributed by atoms with Gasteiger partial charge in [-0.25, -0.2) is 9.59 Å². The van der Waals surface area contributed by atoms with Gasteiger partial charge >= 0.3 is 12.0 Å². The molecule has 3 aromatic rings. The normalized spacial score (nSPS) is 11.3. The van der Waals surface area contributed by atoms with Crippen LogP contribution in [-0.4, -0.2) is 31.3 Å². The molecule has 0 fully saturated rings. The van der Waals surface area contributed by atoms with Crippen LogP contribution in [0.25, 0.3) is 22.3 Å². The number of benzene rings is 3. The number of urea groups is 1. The van der Waals surface area contributed by atoms with Gasteiger partial charge in [0.05, 0.1) is 18.4 Å². The van der Waals surface area contributed by atoms with E-state index in [0.29, 0.717) is 17.8 Å². The predicted molar refractivity (Wildman–Crippen MR) is 187 cm³/mol. The number of carbonyl (C=O) groups excluding carboxylic acids is 2. The Morgan fingerprint density at radius 2 is 1.23 bits per heavy atom. The second-order valence-corrected chi connectivity index (χ2v) is 11.5. The van der Waals surface area contributed by atoms with Gasteiger partial charge in [0, 0.05) is 17.7 Å². The zero-order valence-electron chi connectivity index (χ0n) is 29.9. The Balaban J connectivity index is 0.00000232. The van der Waals surface area contributed by atoms with Crippen molar-refractivity contribution in [2.75, 3.05) is 19.0 Å². The van der Waals surface area contributed by atoms with Gasteiger partial charge in [-0.1, -0.05) is 64.1 Å². The van der Waals surface area contributed by atoms with Crippen molar-refractivity contribution >= 4 is 17.7 Å². The summed E-state index contributed by atoms with van der Waals surface area (Å²) in [6.07, 6.45) is -1.01. The fourth-order valence-corrected chi connectivity index (χ4v) is 5.04. The minimum absolute atomic E-state index is 0.314. The van der Waals surface area contributed by atoms with Crippen LogP contribution < -0.4 is 10.6 Å². The molecule has 44 heavy (non-hydrogen) atoms. The molecule has 0 radical (unpaired) electrons. The molecular formula is C38H56N2O4.